The van der Waals surface area contributed by atoms with E-state index in [1.54, 1.807) is 0 Å². The van der Waals surface area contributed by atoms with Gasteiger partial charge in [-0.2, -0.15) is 0 Å². The highest BCUT2D eigenvalue weighted by atomic mass is 127. The van der Waals surface area contributed by atoms with Gasteiger partial charge in [-0.3, -0.25) is 19.8 Å². The molecule has 3 amide bonds. The van der Waals surface area contributed by atoms with Crippen molar-refractivity contribution >= 4 is 63.0 Å². The lowest BCUT2D eigenvalue weighted by molar-refractivity contribution is -0.142. The first-order valence-corrected chi connectivity index (χ1v) is 14.5. The molecule has 12 heteroatoms. The third-order valence-electron chi connectivity index (χ3n) is 6.53. The van der Waals surface area contributed by atoms with Crippen LogP contribution in [0.1, 0.15) is 30.9 Å². The highest BCUT2D eigenvalue weighted by molar-refractivity contribution is 14.1. The molecule has 0 saturated carbocycles. The molecule has 0 saturated heterocycles. The third kappa shape index (κ3) is 10.3. The van der Waals surface area contributed by atoms with Crippen LogP contribution < -0.4 is 27.0 Å². The lowest BCUT2D eigenvalue weighted by Gasteiger charge is -2.25. The largest absolute Gasteiger partial charge is 0.480 e. The van der Waals surface area contributed by atoms with Crippen molar-refractivity contribution in [2.24, 2.45) is 5.73 Å². The number of guanidine groups is 1. The van der Waals surface area contributed by atoms with Gasteiger partial charge < -0.3 is 32.1 Å². The number of rotatable bonds is 14. The first-order valence-electron chi connectivity index (χ1n) is 13.4. The molecule has 0 aromatic heterocycles. The fraction of sp³-hybridized carbons (Fsp3) is 0.300. The van der Waals surface area contributed by atoms with E-state index in [4.69, 9.17) is 11.1 Å². The van der Waals surface area contributed by atoms with Crippen LogP contribution in [0.4, 0.5) is 0 Å². The van der Waals surface area contributed by atoms with E-state index in [2.05, 4.69) is 43.9 Å². The van der Waals surface area contributed by atoms with E-state index in [0.29, 0.717) is 6.42 Å². The lowest BCUT2D eigenvalue weighted by Crippen LogP contribution is -2.56. The Bertz CT molecular complexity index is 1430. The number of nitrogens with one attached hydrogen (secondary N) is 5. The quantitative estimate of drug-likeness (QED) is 0.0586. The summed E-state index contributed by atoms with van der Waals surface area (Å²) in [6, 6.07) is 17.5. The Balaban J connectivity index is 1.76. The fourth-order valence-corrected chi connectivity index (χ4v) is 4.81. The summed E-state index contributed by atoms with van der Waals surface area (Å²) >= 11 is 2.17. The summed E-state index contributed by atoms with van der Waals surface area (Å²) < 4.78 is 1.02. The van der Waals surface area contributed by atoms with Crippen LogP contribution in [-0.2, 0) is 32.0 Å². The average Bonchev–Trinajstić information content (AvgIpc) is 2.94. The Hall–Kier alpha value is -4.20. The highest BCUT2D eigenvalue weighted by Gasteiger charge is 2.29. The Kier molecular flexibility index (Phi) is 12.1. The molecule has 3 rings (SSSR count). The van der Waals surface area contributed by atoms with Crippen molar-refractivity contribution in [2.75, 3.05) is 6.54 Å². The van der Waals surface area contributed by atoms with E-state index >= 15 is 0 Å². The Morgan fingerprint density at radius 1 is 0.833 bits per heavy atom. The maximum atomic E-state index is 13.4. The lowest BCUT2D eigenvalue weighted by atomic mass is 10.0. The van der Waals surface area contributed by atoms with Gasteiger partial charge in [-0.25, -0.2) is 4.79 Å². The van der Waals surface area contributed by atoms with Gasteiger partial charge in [-0.1, -0.05) is 54.6 Å². The zero-order valence-electron chi connectivity index (χ0n) is 23.2. The number of benzene rings is 3. The van der Waals surface area contributed by atoms with Crippen LogP contribution in [0.25, 0.3) is 10.8 Å². The van der Waals surface area contributed by atoms with Gasteiger partial charge in [0.2, 0.25) is 17.7 Å². The smallest absolute Gasteiger partial charge is 0.326 e. The number of halogens is 1. The Morgan fingerprint density at radius 2 is 1.43 bits per heavy atom. The monoisotopic (exact) mass is 686 g/mol. The molecule has 222 valence electrons. The molecule has 0 aliphatic heterocycles. The second kappa shape index (κ2) is 15.7. The van der Waals surface area contributed by atoms with Gasteiger partial charge in [0.1, 0.15) is 18.1 Å². The summed E-state index contributed by atoms with van der Waals surface area (Å²) in [4.78, 5) is 50.8. The van der Waals surface area contributed by atoms with Crippen molar-refractivity contribution in [3.05, 3.63) is 81.4 Å². The number of aliphatic carboxylic acids is 1. The molecule has 8 N–H and O–H groups in total. The maximum absolute atomic E-state index is 13.4. The molecule has 0 fully saturated rings. The molecule has 3 aromatic carbocycles. The predicted octanol–water partition coefficient (Wildman–Crippen LogP) is 2.05. The van der Waals surface area contributed by atoms with Crippen molar-refractivity contribution in [1.29, 1.82) is 5.41 Å². The number of carbonyl (C=O) groups is 4. The van der Waals surface area contributed by atoms with Gasteiger partial charge >= 0.3 is 5.97 Å². The van der Waals surface area contributed by atoms with Crippen molar-refractivity contribution in [3.8, 4) is 0 Å². The van der Waals surface area contributed by atoms with Crippen LogP contribution in [0, 0.1) is 8.98 Å². The zero-order valence-corrected chi connectivity index (χ0v) is 25.3. The summed E-state index contributed by atoms with van der Waals surface area (Å²) in [5.74, 6) is -3.10. The normalized spacial score (nSPS) is 12.9. The van der Waals surface area contributed by atoms with Crippen molar-refractivity contribution in [2.45, 2.75) is 50.7 Å². The Morgan fingerprint density at radius 3 is 2.07 bits per heavy atom. The van der Waals surface area contributed by atoms with Gasteiger partial charge in [0.25, 0.3) is 0 Å². The zero-order chi connectivity index (χ0) is 30.6. The van der Waals surface area contributed by atoms with Crippen LogP contribution >= 0.6 is 22.6 Å². The van der Waals surface area contributed by atoms with Gasteiger partial charge in [-0.05, 0) is 69.5 Å². The molecule has 0 aliphatic rings. The molecule has 0 aliphatic carbocycles. The van der Waals surface area contributed by atoms with Crippen LogP contribution in [0.15, 0.2) is 66.7 Å². The third-order valence-corrected chi connectivity index (χ3v) is 7.25. The molecule has 0 radical (unpaired) electrons. The molecule has 11 nitrogen and oxygen atoms in total. The topological polar surface area (TPSA) is 186 Å². The van der Waals surface area contributed by atoms with Crippen LogP contribution in [-0.4, -0.2) is 59.4 Å². The minimum absolute atomic E-state index is 0.0415. The summed E-state index contributed by atoms with van der Waals surface area (Å²) in [6.07, 6.45) is 0.723. The molecule has 0 heterocycles. The van der Waals surface area contributed by atoms with Crippen LogP contribution in [0.2, 0.25) is 0 Å². The van der Waals surface area contributed by atoms with E-state index in [1.807, 2.05) is 66.7 Å². The fourth-order valence-electron chi connectivity index (χ4n) is 4.46. The van der Waals surface area contributed by atoms with Gasteiger partial charge in [0.05, 0.1) is 0 Å². The maximum Gasteiger partial charge on any atom is 0.326 e. The summed E-state index contributed by atoms with van der Waals surface area (Å²) in [5, 5.41) is 29.8. The number of hydrogen-bond donors (Lipinski definition) is 7. The van der Waals surface area contributed by atoms with Gasteiger partial charge in [0, 0.05) is 29.9 Å². The first-order chi connectivity index (χ1) is 20.0. The number of carboxylic acids is 1. The van der Waals surface area contributed by atoms with E-state index in [-0.39, 0.29) is 31.8 Å². The standard InChI is InChI=1S/C30H35IN6O5/c1-18(38)35-25(16-19-9-12-23(31)13-10-19)28(40)36-24(7-4-14-34-30(32)33)27(39)37-26(29(41)42)17-20-8-11-21-5-2-3-6-22(21)15-20/h2-3,5-6,8-13,15,24-26H,4,7,14,16-17H2,1H3,(H,35,38)(H,36,40)(H,37,39)(H,41,42)(H4,32,33,34)/t24-,25+,26+/m0/s1. The molecular weight excluding hydrogens is 651 g/mol. The average molecular weight is 687 g/mol. The second-order valence-corrected chi connectivity index (χ2v) is 11.2. The van der Waals surface area contributed by atoms with Crippen molar-refractivity contribution in [3.63, 3.8) is 0 Å². The molecule has 3 aromatic rings. The number of amides is 3. The van der Waals surface area contributed by atoms with Gasteiger partial charge in [0.15, 0.2) is 5.96 Å². The predicted molar refractivity (Wildman–Crippen MR) is 169 cm³/mol. The minimum atomic E-state index is -1.24. The van der Waals surface area contributed by atoms with Crippen molar-refractivity contribution in [1.82, 2.24) is 21.3 Å². The van der Waals surface area contributed by atoms with Crippen molar-refractivity contribution < 1.29 is 24.3 Å². The number of carboxylic acid groups (broad SMARTS) is 1. The van der Waals surface area contributed by atoms with E-state index in [0.717, 1.165) is 25.5 Å². The van der Waals surface area contributed by atoms with Crippen LogP contribution in [0.3, 0.4) is 0 Å². The molecule has 3 atom stereocenters. The molecular formula is C30H35IN6O5. The highest BCUT2D eigenvalue weighted by Crippen LogP contribution is 2.17. The second-order valence-electron chi connectivity index (χ2n) is 9.91. The summed E-state index contributed by atoms with van der Waals surface area (Å²) in [7, 11) is 0. The Labute approximate surface area is 257 Å². The number of nitrogens with two attached hydrogens (primary N) is 1. The molecule has 0 unspecified atom stereocenters. The molecule has 42 heavy (non-hydrogen) atoms. The number of hydrogen-bond acceptors (Lipinski definition) is 5. The van der Waals surface area contributed by atoms with E-state index < -0.39 is 41.8 Å². The minimum Gasteiger partial charge on any atom is -0.480 e. The molecule has 0 bridgehead atoms. The summed E-state index contributed by atoms with van der Waals surface area (Å²) in [5.41, 5.74) is 6.89. The molecule has 0 spiro atoms. The summed E-state index contributed by atoms with van der Waals surface area (Å²) in [6.45, 7) is 1.57. The van der Waals surface area contributed by atoms with Crippen LogP contribution in [0.5, 0.6) is 0 Å². The van der Waals surface area contributed by atoms with E-state index in [9.17, 15) is 24.3 Å². The SMILES string of the molecule is CC(=O)N[C@H](Cc1ccc(I)cc1)C(=O)N[C@@H](CCCNC(=N)N)C(=O)N[C@H](Cc1ccc2ccccc2c1)C(=O)O. The number of fused-ring (bicyclic) bond motifs is 1. The number of carbonyl (C=O) groups excluding carboxylic acids is 3. The first kappa shape index (κ1) is 32.3. The van der Waals surface area contributed by atoms with Gasteiger partial charge in [-0.15, -0.1) is 0 Å². The van der Waals surface area contributed by atoms with E-state index in [1.165, 1.54) is 6.92 Å².